The van der Waals surface area contributed by atoms with Crippen LogP contribution in [0.15, 0.2) is 43.0 Å². The first kappa shape index (κ1) is 18.5. The third kappa shape index (κ3) is 2.94. The van der Waals surface area contributed by atoms with Crippen molar-refractivity contribution in [2.24, 2.45) is 5.41 Å². The Morgan fingerprint density at radius 1 is 1.06 bits per heavy atom. The van der Waals surface area contributed by atoms with E-state index >= 15 is 0 Å². The third-order valence-electron chi connectivity index (χ3n) is 7.15. The molecule has 5 heterocycles. The van der Waals surface area contributed by atoms with Crippen LogP contribution in [0, 0.1) is 12.3 Å². The Bertz CT molecular complexity index is 1230. The fourth-order valence-corrected chi connectivity index (χ4v) is 5.46. The molecule has 0 saturated carbocycles. The number of hydrogen-bond acceptors (Lipinski definition) is 5. The summed E-state index contributed by atoms with van der Waals surface area (Å²) in [5, 5.41) is 9.09. The van der Waals surface area contributed by atoms with Crippen molar-refractivity contribution in [3.63, 3.8) is 0 Å². The largest absolute Gasteiger partial charge is 0.355 e. The molecule has 0 aromatic carbocycles. The molecule has 7 nitrogen and oxygen atoms in total. The molecule has 0 amide bonds. The molecule has 1 aliphatic heterocycles. The lowest BCUT2D eigenvalue weighted by Gasteiger charge is -2.40. The van der Waals surface area contributed by atoms with E-state index in [2.05, 4.69) is 58.3 Å². The molecular formula is C24H27N7. The Morgan fingerprint density at radius 3 is 2.71 bits per heavy atom. The Hall–Kier alpha value is -3.22. The highest BCUT2D eigenvalue weighted by Crippen LogP contribution is 2.44. The zero-order chi connectivity index (χ0) is 21.0. The van der Waals surface area contributed by atoms with E-state index in [0.29, 0.717) is 5.41 Å². The second kappa shape index (κ2) is 6.90. The summed E-state index contributed by atoms with van der Waals surface area (Å²) in [6.45, 7) is 7.06. The van der Waals surface area contributed by atoms with Crippen molar-refractivity contribution in [3.8, 4) is 11.3 Å². The maximum Gasteiger partial charge on any atom is 0.155 e. The number of aromatic nitrogens is 6. The Morgan fingerprint density at radius 2 is 1.94 bits per heavy atom. The Balaban J connectivity index is 1.30. The number of hydrogen-bond donors (Lipinski definition) is 0. The zero-order valence-electron chi connectivity index (χ0n) is 18.1. The van der Waals surface area contributed by atoms with Crippen LogP contribution >= 0.6 is 0 Å². The molecule has 0 atom stereocenters. The number of aryl methyl sites for hydroxylation is 2. The number of fused-ring (bicyclic) bond motifs is 2. The summed E-state index contributed by atoms with van der Waals surface area (Å²) in [7, 11) is 0. The maximum atomic E-state index is 5.08. The van der Waals surface area contributed by atoms with Gasteiger partial charge in [0.2, 0.25) is 0 Å². The molecule has 0 bridgehead atoms. The van der Waals surface area contributed by atoms with Gasteiger partial charge in [0.25, 0.3) is 0 Å². The molecule has 2 aliphatic rings. The highest BCUT2D eigenvalue weighted by atomic mass is 15.3. The van der Waals surface area contributed by atoms with Gasteiger partial charge in [-0.05, 0) is 62.6 Å². The molecule has 1 saturated heterocycles. The third-order valence-corrected chi connectivity index (χ3v) is 7.15. The van der Waals surface area contributed by atoms with Crippen molar-refractivity contribution in [3.05, 3.63) is 59.9 Å². The lowest BCUT2D eigenvalue weighted by atomic mass is 9.76. The van der Waals surface area contributed by atoms with Gasteiger partial charge in [0.15, 0.2) is 5.82 Å². The number of nitrogens with zero attached hydrogens (tertiary/aromatic N) is 7. The monoisotopic (exact) mass is 413 g/mol. The van der Waals surface area contributed by atoms with Gasteiger partial charge in [0.1, 0.15) is 5.52 Å². The molecule has 1 aliphatic carbocycles. The van der Waals surface area contributed by atoms with E-state index in [1.807, 2.05) is 27.8 Å². The van der Waals surface area contributed by atoms with Crippen LogP contribution < -0.4 is 4.90 Å². The Kier molecular flexibility index (Phi) is 4.13. The van der Waals surface area contributed by atoms with Crippen LogP contribution in [0.1, 0.15) is 36.7 Å². The topological polar surface area (TPSA) is 64.1 Å². The van der Waals surface area contributed by atoms with Crippen molar-refractivity contribution in [2.75, 3.05) is 18.0 Å². The van der Waals surface area contributed by atoms with Gasteiger partial charge in [-0.15, -0.1) is 0 Å². The average Bonchev–Trinajstić information content (AvgIpc) is 3.52. The minimum Gasteiger partial charge on any atom is -0.355 e. The van der Waals surface area contributed by atoms with Crippen LogP contribution in [0.25, 0.3) is 16.8 Å². The molecule has 158 valence electrons. The lowest BCUT2D eigenvalue weighted by molar-refractivity contribution is 0.231. The number of anilines is 1. The van der Waals surface area contributed by atoms with Crippen LogP contribution in [0.3, 0.4) is 0 Å². The SMILES string of the molecule is CCn1cc(-c2c(C)nc(N3CCC4(CC3)Cc3cccnc3C4)c3ccnn23)cn1. The predicted molar refractivity (Wildman–Crippen MR) is 120 cm³/mol. The van der Waals surface area contributed by atoms with E-state index in [-0.39, 0.29) is 0 Å². The van der Waals surface area contributed by atoms with Crippen LogP contribution in [0.4, 0.5) is 5.82 Å². The zero-order valence-corrected chi connectivity index (χ0v) is 18.1. The van der Waals surface area contributed by atoms with Crippen molar-refractivity contribution < 1.29 is 0 Å². The highest BCUT2D eigenvalue weighted by molar-refractivity contribution is 5.75. The molecule has 7 heteroatoms. The first-order valence-corrected chi connectivity index (χ1v) is 11.2. The van der Waals surface area contributed by atoms with Crippen molar-refractivity contribution in [2.45, 2.75) is 46.1 Å². The van der Waals surface area contributed by atoms with E-state index in [9.17, 15) is 0 Å². The molecule has 0 unspecified atom stereocenters. The number of rotatable bonds is 3. The van der Waals surface area contributed by atoms with Gasteiger partial charge in [-0.2, -0.15) is 10.2 Å². The summed E-state index contributed by atoms with van der Waals surface area (Å²) in [5.41, 5.74) is 7.25. The molecule has 6 rings (SSSR count). The van der Waals surface area contributed by atoms with E-state index < -0.39 is 0 Å². The van der Waals surface area contributed by atoms with E-state index in [1.165, 1.54) is 30.5 Å². The van der Waals surface area contributed by atoms with Crippen molar-refractivity contribution in [1.82, 2.24) is 29.4 Å². The smallest absolute Gasteiger partial charge is 0.155 e. The molecule has 4 aromatic heterocycles. The van der Waals surface area contributed by atoms with Gasteiger partial charge < -0.3 is 4.90 Å². The van der Waals surface area contributed by atoms with E-state index in [1.54, 1.807) is 0 Å². The lowest BCUT2D eigenvalue weighted by Crippen LogP contribution is -2.41. The van der Waals surface area contributed by atoms with E-state index in [4.69, 9.17) is 4.98 Å². The second-order valence-electron chi connectivity index (χ2n) is 9.03. The molecular weight excluding hydrogens is 386 g/mol. The summed E-state index contributed by atoms with van der Waals surface area (Å²) in [6.07, 6.45) is 12.4. The number of piperidine rings is 1. The van der Waals surface area contributed by atoms with Gasteiger partial charge in [-0.3, -0.25) is 9.67 Å². The van der Waals surface area contributed by atoms with Gasteiger partial charge in [-0.1, -0.05) is 6.07 Å². The summed E-state index contributed by atoms with van der Waals surface area (Å²) < 4.78 is 3.98. The Labute approximate surface area is 181 Å². The molecule has 4 aromatic rings. The van der Waals surface area contributed by atoms with Crippen LogP contribution in [0.2, 0.25) is 0 Å². The first-order chi connectivity index (χ1) is 15.2. The van der Waals surface area contributed by atoms with Crippen molar-refractivity contribution >= 4 is 11.3 Å². The molecule has 0 radical (unpaired) electrons. The maximum absolute atomic E-state index is 5.08. The normalized spacial score (nSPS) is 17.5. The average molecular weight is 414 g/mol. The standard InChI is InChI=1S/C24H27N7/c1-3-30-16-19(15-27-30)22-17(2)28-23(21-6-10-26-31(21)22)29-11-7-24(8-12-29)13-18-5-4-9-25-20(18)14-24/h4-6,9-10,15-16H,3,7-8,11-14H2,1-2H3. The van der Waals surface area contributed by atoms with Gasteiger partial charge in [0.05, 0.1) is 23.8 Å². The van der Waals surface area contributed by atoms with Crippen LogP contribution in [0.5, 0.6) is 0 Å². The van der Waals surface area contributed by atoms with Crippen LogP contribution in [-0.4, -0.2) is 42.5 Å². The molecule has 31 heavy (non-hydrogen) atoms. The van der Waals surface area contributed by atoms with Gasteiger partial charge in [-0.25, -0.2) is 9.50 Å². The minimum absolute atomic E-state index is 0.368. The quantitative estimate of drug-likeness (QED) is 0.512. The fraction of sp³-hybridized carbons (Fsp3) is 0.417. The summed E-state index contributed by atoms with van der Waals surface area (Å²) in [5.74, 6) is 1.05. The predicted octanol–water partition coefficient (Wildman–Crippen LogP) is 3.70. The summed E-state index contributed by atoms with van der Waals surface area (Å²) >= 11 is 0. The number of pyridine rings is 1. The fourth-order valence-electron chi connectivity index (χ4n) is 5.46. The second-order valence-corrected chi connectivity index (χ2v) is 9.03. The first-order valence-electron chi connectivity index (χ1n) is 11.2. The molecule has 0 N–H and O–H groups in total. The van der Waals surface area contributed by atoms with Crippen molar-refractivity contribution in [1.29, 1.82) is 0 Å². The minimum atomic E-state index is 0.368. The summed E-state index contributed by atoms with van der Waals surface area (Å²) in [6, 6.07) is 6.40. The van der Waals surface area contributed by atoms with Gasteiger partial charge >= 0.3 is 0 Å². The molecule has 1 spiro atoms. The van der Waals surface area contributed by atoms with Gasteiger partial charge in [0, 0.05) is 43.3 Å². The summed E-state index contributed by atoms with van der Waals surface area (Å²) in [4.78, 5) is 12.2. The van der Waals surface area contributed by atoms with Crippen LogP contribution in [-0.2, 0) is 19.4 Å². The molecule has 1 fully saturated rings. The highest BCUT2D eigenvalue weighted by Gasteiger charge is 2.41. The van der Waals surface area contributed by atoms with E-state index in [0.717, 1.165) is 54.3 Å².